The van der Waals surface area contributed by atoms with Gasteiger partial charge in [-0.25, -0.2) is 4.79 Å². The molecule has 3 aromatic carbocycles. The summed E-state index contributed by atoms with van der Waals surface area (Å²) >= 11 is 0. The van der Waals surface area contributed by atoms with Crippen LogP contribution in [0.3, 0.4) is 0 Å². The van der Waals surface area contributed by atoms with E-state index in [-0.39, 0.29) is 13.2 Å². The molecule has 0 atom stereocenters. The summed E-state index contributed by atoms with van der Waals surface area (Å²) in [6.45, 7) is 0.388. The first-order valence-corrected chi connectivity index (χ1v) is 7.80. The van der Waals surface area contributed by atoms with E-state index in [1.807, 2.05) is 84.9 Å². The van der Waals surface area contributed by atoms with Gasteiger partial charge < -0.3 is 9.47 Å². The maximum Gasteiger partial charge on any atom is 0.508 e. The quantitative estimate of drug-likeness (QED) is 0.606. The van der Waals surface area contributed by atoms with Gasteiger partial charge in [0.25, 0.3) is 0 Å². The van der Waals surface area contributed by atoms with Gasteiger partial charge in [-0.05, 0) is 22.3 Å². The summed E-state index contributed by atoms with van der Waals surface area (Å²) in [5.74, 6) is 0. The molecule has 0 saturated heterocycles. The predicted molar refractivity (Wildman–Crippen MR) is 93.3 cm³/mol. The Morgan fingerprint density at radius 1 is 0.667 bits per heavy atom. The lowest BCUT2D eigenvalue weighted by molar-refractivity contribution is 0.0447. The Balaban J connectivity index is 1.60. The number of carbonyl (C=O) groups is 1. The SMILES string of the molecule is O=C(OCc1ccccc1)OCc1ccccc1-c1ccccc1. The maximum absolute atomic E-state index is 11.8. The largest absolute Gasteiger partial charge is 0.508 e. The molecular formula is C21H18O3. The Kier molecular flexibility index (Phi) is 5.25. The van der Waals surface area contributed by atoms with Crippen molar-refractivity contribution in [1.29, 1.82) is 0 Å². The molecular weight excluding hydrogens is 300 g/mol. The Labute approximate surface area is 141 Å². The van der Waals surface area contributed by atoms with E-state index in [2.05, 4.69) is 0 Å². The molecule has 0 fully saturated rings. The van der Waals surface area contributed by atoms with Crippen LogP contribution in [0, 0.1) is 0 Å². The van der Waals surface area contributed by atoms with Crippen molar-refractivity contribution in [2.45, 2.75) is 13.2 Å². The Morgan fingerprint density at radius 3 is 2.00 bits per heavy atom. The summed E-state index contributed by atoms with van der Waals surface area (Å²) in [5.41, 5.74) is 4.02. The molecule has 0 radical (unpaired) electrons. The molecule has 0 amide bonds. The van der Waals surface area contributed by atoms with E-state index in [0.29, 0.717) is 0 Å². The molecule has 3 heteroatoms. The van der Waals surface area contributed by atoms with Crippen molar-refractivity contribution in [3.05, 3.63) is 96.1 Å². The molecule has 24 heavy (non-hydrogen) atoms. The third kappa shape index (κ3) is 4.23. The normalized spacial score (nSPS) is 10.2. The third-order valence-electron chi connectivity index (χ3n) is 3.65. The topological polar surface area (TPSA) is 35.5 Å². The average Bonchev–Trinajstić information content (AvgIpc) is 2.66. The summed E-state index contributed by atoms with van der Waals surface area (Å²) in [7, 11) is 0. The molecule has 0 spiro atoms. The lowest BCUT2D eigenvalue weighted by Crippen LogP contribution is -2.08. The molecule has 0 saturated carbocycles. The van der Waals surface area contributed by atoms with Gasteiger partial charge in [0.15, 0.2) is 0 Å². The minimum Gasteiger partial charge on any atom is -0.429 e. The Hall–Kier alpha value is -3.07. The molecule has 0 N–H and O–H groups in total. The van der Waals surface area contributed by atoms with E-state index in [1.54, 1.807) is 0 Å². The van der Waals surface area contributed by atoms with Crippen LogP contribution in [-0.2, 0) is 22.7 Å². The lowest BCUT2D eigenvalue weighted by atomic mass is 10.0. The van der Waals surface area contributed by atoms with Crippen LogP contribution in [0.25, 0.3) is 11.1 Å². The highest BCUT2D eigenvalue weighted by Crippen LogP contribution is 2.24. The van der Waals surface area contributed by atoms with Gasteiger partial charge in [-0.15, -0.1) is 0 Å². The highest BCUT2D eigenvalue weighted by molar-refractivity contribution is 5.67. The highest BCUT2D eigenvalue weighted by Gasteiger charge is 2.09. The summed E-state index contributed by atoms with van der Waals surface area (Å²) in [6.07, 6.45) is -0.665. The van der Waals surface area contributed by atoms with Crippen LogP contribution in [0.1, 0.15) is 11.1 Å². The molecule has 0 aliphatic rings. The molecule has 3 rings (SSSR count). The van der Waals surface area contributed by atoms with E-state index < -0.39 is 6.16 Å². The second-order valence-electron chi connectivity index (χ2n) is 5.34. The second kappa shape index (κ2) is 7.97. The van der Waals surface area contributed by atoms with Gasteiger partial charge in [-0.3, -0.25) is 0 Å². The van der Waals surface area contributed by atoms with Crippen molar-refractivity contribution in [2.24, 2.45) is 0 Å². The molecule has 3 nitrogen and oxygen atoms in total. The number of hydrogen-bond donors (Lipinski definition) is 0. The Bertz CT molecular complexity index is 782. The van der Waals surface area contributed by atoms with E-state index in [4.69, 9.17) is 9.47 Å². The van der Waals surface area contributed by atoms with Crippen molar-refractivity contribution in [3.8, 4) is 11.1 Å². The summed E-state index contributed by atoms with van der Waals surface area (Å²) < 4.78 is 10.4. The van der Waals surface area contributed by atoms with Crippen molar-refractivity contribution in [2.75, 3.05) is 0 Å². The van der Waals surface area contributed by atoms with E-state index in [0.717, 1.165) is 22.3 Å². The fraction of sp³-hybridized carbons (Fsp3) is 0.0952. The first-order valence-electron chi connectivity index (χ1n) is 7.80. The minimum absolute atomic E-state index is 0.179. The second-order valence-corrected chi connectivity index (χ2v) is 5.34. The van der Waals surface area contributed by atoms with Gasteiger partial charge >= 0.3 is 6.16 Å². The molecule has 0 unspecified atom stereocenters. The average molecular weight is 318 g/mol. The number of hydrogen-bond acceptors (Lipinski definition) is 3. The van der Waals surface area contributed by atoms with Crippen molar-refractivity contribution in [3.63, 3.8) is 0 Å². The summed E-state index contributed by atoms with van der Waals surface area (Å²) in [4.78, 5) is 11.8. The monoisotopic (exact) mass is 318 g/mol. The first-order chi connectivity index (χ1) is 11.8. The van der Waals surface area contributed by atoms with E-state index in [1.165, 1.54) is 0 Å². The van der Waals surface area contributed by atoms with Gasteiger partial charge in [0.2, 0.25) is 0 Å². The number of carbonyl (C=O) groups excluding carboxylic acids is 1. The van der Waals surface area contributed by atoms with Crippen molar-refractivity contribution >= 4 is 6.16 Å². The fourth-order valence-corrected chi connectivity index (χ4v) is 2.44. The van der Waals surface area contributed by atoms with Gasteiger partial charge in [0, 0.05) is 0 Å². The van der Waals surface area contributed by atoms with Crippen LogP contribution < -0.4 is 0 Å². The minimum atomic E-state index is -0.665. The van der Waals surface area contributed by atoms with E-state index in [9.17, 15) is 4.79 Å². The standard InChI is InChI=1S/C21H18O3/c22-21(23-15-17-9-3-1-4-10-17)24-16-19-13-7-8-14-20(19)18-11-5-2-6-12-18/h1-14H,15-16H2. The zero-order chi connectivity index (χ0) is 16.6. The van der Waals surface area contributed by atoms with Crippen LogP contribution in [0.2, 0.25) is 0 Å². The zero-order valence-electron chi connectivity index (χ0n) is 13.2. The summed E-state index contributed by atoms with van der Waals surface area (Å²) in [6, 6.07) is 27.4. The molecule has 0 bridgehead atoms. The molecule has 0 aliphatic heterocycles. The highest BCUT2D eigenvalue weighted by atomic mass is 16.7. The Morgan fingerprint density at radius 2 is 1.25 bits per heavy atom. The lowest BCUT2D eigenvalue weighted by Gasteiger charge is -2.11. The molecule has 0 heterocycles. The molecule has 120 valence electrons. The predicted octanol–water partition coefficient (Wildman–Crippen LogP) is 5.21. The number of rotatable bonds is 5. The van der Waals surface area contributed by atoms with Crippen molar-refractivity contribution in [1.82, 2.24) is 0 Å². The first kappa shape index (κ1) is 15.8. The molecule has 0 aliphatic carbocycles. The van der Waals surface area contributed by atoms with E-state index >= 15 is 0 Å². The molecule has 0 aromatic heterocycles. The van der Waals surface area contributed by atoms with Gasteiger partial charge in [0.05, 0.1) is 0 Å². The van der Waals surface area contributed by atoms with Crippen LogP contribution in [-0.4, -0.2) is 6.16 Å². The zero-order valence-corrected chi connectivity index (χ0v) is 13.2. The van der Waals surface area contributed by atoms with Gasteiger partial charge in [0.1, 0.15) is 13.2 Å². The van der Waals surface area contributed by atoms with Gasteiger partial charge in [-0.2, -0.15) is 0 Å². The fourth-order valence-electron chi connectivity index (χ4n) is 2.44. The van der Waals surface area contributed by atoms with Crippen molar-refractivity contribution < 1.29 is 14.3 Å². The summed E-state index contributed by atoms with van der Waals surface area (Å²) in [5, 5.41) is 0. The smallest absolute Gasteiger partial charge is 0.429 e. The molecule has 3 aromatic rings. The third-order valence-corrected chi connectivity index (χ3v) is 3.65. The van der Waals surface area contributed by atoms with Crippen LogP contribution in [0.4, 0.5) is 4.79 Å². The van der Waals surface area contributed by atoms with Gasteiger partial charge in [-0.1, -0.05) is 84.9 Å². The van der Waals surface area contributed by atoms with Crippen LogP contribution in [0.15, 0.2) is 84.9 Å². The maximum atomic E-state index is 11.8. The number of ether oxygens (including phenoxy) is 2. The van der Waals surface area contributed by atoms with Crippen LogP contribution in [0.5, 0.6) is 0 Å². The number of benzene rings is 3. The van der Waals surface area contributed by atoms with Crippen LogP contribution >= 0.6 is 0 Å².